The van der Waals surface area contributed by atoms with Crippen molar-refractivity contribution >= 4 is 15.6 Å². The second kappa shape index (κ2) is 5.65. The second-order valence-corrected chi connectivity index (χ2v) is 9.76. The van der Waals surface area contributed by atoms with Crippen LogP contribution in [0.4, 0.5) is 0 Å². The van der Waals surface area contributed by atoms with Crippen molar-refractivity contribution in [2.45, 2.75) is 68.7 Å². The van der Waals surface area contributed by atoms with Crippen LogP contribution in [0.2, 0.25) is 0 Å². The Bertz CT molecular complexity index is 502. The molecule has 1 aliphatic carbocycles. The maximum Gasteiger partial charge on any atom is 0.150 e. The van der Waals surface area contributed by atoms with Gasteiger partial charge in [0.05, 0.1) is 5.25 Å². The average molecular weight is 313 g/mol. The summed E-state index contributed by atoms with van der Waals surface area (Å²) in [5, 5.41) is -0.289. The Balaban J connectivity index is 1.66. The van der Waals surface area contributed by atoms with E-state index in [4.69, 9.17) is 0 Å². The van der Waals surface area contributed by atoms with Crippen molar-refractivity contribution in [3.05, 3.63) is 0 Å². The highest BCUT2D eigenvalue weighted by Crippen LogP contribution is 2.40. The summed E-state index contributed by atoms with van der Waals surface area (Å²) in [5.41, 5.74) is 0. The molecule has 2 bridgehead atoms. The summed E-state index contributed by atoms with van der Waals surface area (Å²) in [6.07, 6.45) is 8.84. The Hall–Kier alpha value is -0.420. The molecule has 0 aromatic rings. The molecule has 4 unspecified atom stereocenters. The van der Waals surface area contributed by atoms with Crippen molar-refractivity contribution in [1.82, 2.24) is 4.90 Å². The third-order valence-electron chi connectivity index (χ3n) is 6.13. The molecule has 0 aromatic heterocycles. The number of hydrogen-bond donors (Lipinski definition) is 0. The highest BCUT2D eigenvalue weighted by molar-refractivity contribution is 7.91. The van der Waals surface area contributed by atoms with E-state index in [2.05, 4.69) is 11.9 Å². The van der Waals surface area contributed by atoms with Crippen LogP contribution in [0.5, 0.6) is 0 Å². The molecule has 120 valence electrons. The summed E-state index contributed by atoms with van der Waals surface area (Å²) < 4.78 is 23.5. The van der Waals surface area contributed by atoms with E-state index >= 15 is 0 Å². The predicted octanol–water partition coefficient (Wildman–Crippen LogP) is 2.03. The lowest BCUT2D eigenvalue weighted by Crippen LogP contribution is -2.44. The van der Waals surface area contributed by atoms with E-state index < -0.39 is 9.84 Å². The standard InChI is InChI=1S/C16H27NO3S/c1-17-13-6-7-14(17)9-12(8-13)16(18)11-4-3-5-15(10-11)21(2,19)20/h11-15H,3-10H2,1-2H3. The van der Waals surface area contributed by atoms with Crippen molar-refractivity contribution in [3.8, 4) is 0 Å². The van der Waals surface area contributed by atoms with Gasteiger partial charge in [0.2, 0.25) is 0 Å². The van der Waals surface area contributed by atoms with Gasteiger partial charge in [0.25, 0.3) is 0 Å². The fraction of sp³-hybridized carbons (Fsp3) is 0.938. The summed E-state index contributed by atoms with van der Waals surface area (Å²) in [6, 6.07) is 1.15. The molecule has 21 heavy (non-hydrogen) atoms. The first-order chi connectivity index (χ1) is 9.86. The molecule has 5 heteroatoms. The van der Waals surface area contributed by atoms with Crippen LogP contribution in [-0.2, 0) is 14.6 Å². The summed E-state index contributed by atoms with van der Waals surface area (Å²) in [6.45, 7) is 0. The number of piperidine rings is 1. The number of Topliss-reactive ketones (excluding diaryl/α,β-unsaturated/α-hetero) is 1. The Kier molecular flexibility index (Phi) is 4.17. The Morgan fingerprint density at radius 3 is 2.14 bits per heavy atom. The van der Waals surface area contributed by atoms with Crippen LogP contribution in [0.1, 0.15) is 51.4 Å². The first-order valence-electron chi connectivity index (χ1n) is 8.30. The second-order valence-electron chi connectivity index (χ2n) is 7.44. The molecule has 2 heterocycles. The number of sulfone groups is 1. The van der Waals surface area contributed by atoms with Crippen molar-refractivity contribution in [2.24, 2.45) is 11.8 Å². The minimum absolute atomic E-state index is 0.00807. The van der Waals surface area contributed by atoms with E-state index in [-0.39, 0.29) is 17.1 Å². The van der Waals surface area contributed by atoms with E-state index in [0.717, 1.165) is 32.1 Å². The van der Waals surface area contributed by atoms with Gasteiger partial charge in [-0.2, -0.15) is 0 Å². The van der Waals surface area contributed by atoms with Gasteiger partial charge >= 0.3 is 0 Å². The number of carbonyl (C=O) groups excluding carboxylic acids is 1. The monoisotopic (exact) mass is 313 g/mol. The highest BCUT2D eigenvalue weighted by Gasteiger charge is 2.43. The van der Waals surface area contributed by atoms with Crippen LogP contribution < -0.4 is 0 Å². The molecule has 1 saturated carbocycles. The first kappa shape index (κ1) is 15.5. The summed E-state index contributed by atoms with van der Waals surface area (Å²) >= 11 is 0. The quantitative estimate of drug-likeness (QED) is 0.800. The summed E-state index contributed by atoms with van der Waals surface area (Å²) in [4.78, 5) is 15.3. The van der Waals surface area contributed by atoms with E-state index in [1.165, 1.54) is 19.1 Å². The molecule has 0 aromatic carbocycles. The Morgan fingerprint density at radius 2 is 1.57 bits per heavy atom. The van der Waals surface area contributed by atoms with Gasteiger partial charge in [-0.25, -0.2) is 8.42 Å². The zero-order chi connectivity index (χ0) is 15.2. The number of hydrogen-bond acceptors (Lipinski definition) is 4. The minimum atomic E-state index is -3.00. The normalized spacial score (nSPS) is 41.1. The highest BCUT2D eigenvalue weighted by atomic mass is 32.2. The van der Waals surface area contributed by atoms with E-state index in [1.54, 1.807) is 0 Å². The molecular weight excluding hydrogens is 286 g/mol. The molecule has 3 fully saturated rings. The van der Waals surface area contributed by atoms with Crippen LogP contribution in [-0.4, -0.2) is 49.7 Å². The van der Waals surface area contributed by atoms with Gasteiger partial charge in [-0.05, 0) is 52.0 Å². The van der Waals surface area contributed by atoms with Gasteiger partial charge in [-0.15, -0.1) is 0 Å². The third kappa shape index (κ3) is 3.04. The van der Waals surface area contributed by atoms with Crippen LogP contribution in [0.3, 0.4) is 0 Å². The number of fused-ring (bicyclic) bond motifs is 2. The maximum atomic E-state index is 12.8. The lowest BCUT2D eigenvalue weighted by molar-refractivity contribution is -0.130. The van der Waals surface area contributed by atoms with Crippen LogP contribution in [0.15, 0.2) is 0 Å². The smallest absolute Gasteiger partial charge is 0.150 e. The predicted molar refractivity (Wildman–Crippen MR) is 82.9 cm³/mol. The summed E-state index contributed by atoms with van der Waals surface area (Å²) in [7, 11) is -0.818. The lowest BCUT2D eigenvalue weighted by atomic mass is 9.77. The summed E-state index contributed by atoms with van der Waals surface area (Å²) in [5.74, 6) is 0.543. The van der Waals surface area contributed by atoms with Gasteiger partial charge in [-0.3, -0.25) is 4.79 Å². The molecule has 0 spiro atoms. The molecule has 0 N–H and O–H groups in total. The molecule has 2 saturated heterocycles. The third-order valence-corrected chi connectivity index (χ3v) is 7.77. The molecule has 2 aliphatic heterocycles. The number of rotatable bonds is 3. The number of ketones is 1. The minimum Gasteiger partial charge on any atom is -0.300 e. The maximum absolute atomic E-state index is 12.8. The largest absolute Gasteiger partial charge is 0.300 e. The SMILES string of the molecule is CN1C2CCC1CC(C(=O)C1CCCC(S(C)(=O)=O)C1)C2. The average Bonchev–Trinajstić information content (AvgIpc) is 2.66. The van der Waals surface area contributed by atoms with E-state index in [1.807, 2.05) is 0 Å². The molecular formula is C16H27NO3S. The van der Waals surface area contributed by atoms with Crippen molar-refractivity contribution in [2.75, 3.05) is 13.3 Å². The molecule has 4 nitrogen and oxygen atoms in total. The lowest BCUT2D eigenvalue weighted by Gasteiger charge is -2.38. The first-order valence-corrected chi connectivity index (χ1v) is 10.3. The van der Waals surface area contributed by atoms with Crippen molar-refractivity contribution < 1.29 is 13.2 Å². The van der Waals surface area contributed by atoms with Crippen LogP contribution in [0.25, 0.3) is 0 Å². The molecule has 0 amide bonds. The van der Waals surface area contributed by atoms with Gasteiger partial charge in [0.1, 0.15) is 15.6 Å². The van der Waals surface area contributed by atoms with E-state index in [9.17, 15) is 13.2 Å². The molecule has 4 atom stereocenters. The van der Waals surface area contributed by atoms with Gasteiger partial charge in [-0.1, -0.05) is 6.42 Å². The van der Waals surface area contributed by atoms with Gasteiger partial charge < -0.3 is 4.90 Å². The van der Waals surface area contributed by atoms with Crippen molar-refractivity contribution in [1.29, 1.82) is 0 Å². The van der Waals surface area contributed by atoms with Gasteiger partial charge in [0.15, 0.2) is 0 Å². The molecule has 3 rings (SSSR count). The topological polar surface area (TPSA) is 54.5 Å². The fourth-order valence-corrected chi connectivity index (χ4v) is 5.95. The van der Waals surface area contributed by atoms with Crippen LogP contribution >= 0.6 is 0 Å². The van der Waals surface area contributed by atoms with Crippen molar-refractivity contribution in [3.63, 3.8) is 0 Å². The number of carbonyl (C=O) groups is 1. The fourth-order valence-electron chi connectivity index (χ4n) is 4.77. The van der Waals surface area contributed by atoms with E-state index in [0.29, 0.717) is 24.3 Å². The molecule has 3 aliphatic rings. The zero-order valence-corrected chi connectivity index (χ0v) is 13.9. The Labute approximate surface area is 128 Å². The van der Waals surface area contributed by atoms with Crippen LogP contribution in [0, 0.1) is 11.8 Å². The van der Waals surface area contributed by atoms with Gasteiger partial charge in [0, 0.05) is 30.2 Å². The number of nitrogens with zero attached hydrogens (tertiary/aromatic N) is 1. The Morgan fingerprint density at radius 1 is 0.952 bits per heavy atom. The zero-order valence-electron chi connectivity index (χ0n) is 13.1. The molecule has 0 radical (unpaired) electrons.